The van der Waals surface area contributed by atoms with E-state index in [0.29, 0.717) is 11.8 Å². The summed E-state index contributed by atoms with van der Waals surface area (Å²) in [4.78, 5) is 0. The van der Waals surface area contributed by atoms with E-state index in [1.165, 1.54) is 0 Å². The quantitative estimate of drug-likeness (QED) is 0.617. The van der Waals surface area contributed by atoms with Crippen LogP contribution in [0.5, 0.6) is 0 Å². The van der Waals surface area contributed by atoms with Gasteiger partial charge in [0.25, 0.3) is 0 Å². The molecule has 2 nitrogen and oxygen atoms in total. The van der Waals surface area contributed by atoms with Gasteiger partial charge in [0.05, 0.1) is 18.3 Å². The highest BCUT2D eigenvalue weighted by atomic mass is 16.5. The summed E-state index contributed by atoms with van der Waals surface area (Å²) in [6.07, 6.45) is 1.81. The molecule has 2 fully saturated rings. The minimum Gasteiger partial charge on any atom is -0.390 e. The first-order chi connectivity index (χ1) is 5.19. The fourth-order valence-electron chi connectivity index (χ4n) is 2.64. The van der Waals surface area contributed by atoms with Crippen LogP contribution in [0.15, 0.2) is 0 Å². The molecule has 0 radical (unpaired) electrons. The van der Waals surface area contributed by atoms with Crippen LogP contribution in [0, 0.1) is 11.8 Å². The molecule has 64 valence electrons. The number of hydrogen-bond donors (Lipinski definition) is 1. The van der Waals surface area contributed by atoms with Crippen LogP contribution in [-0.4, -0.2) is 23.4 Å². The van der Waals surface area contributed by atoms with Crippen molar-refractivity contribution in [2.24, 2.45) is 11.8 Å². The zero-order valence-electron chi connectivity index (χ0n) is 7.21. The standard InChI is InChI=1S/C9H16O2/c1-3-9-4-6(2)7(5-11-9)8(9)10/h6-8,10H,3-5H2,1-2H3/t6-,7-,8-,9-/m0/s1. The molecule has 1 heterocycles. The lowest BCUT2D eigenvalue weighted by molar-refractivity contribution is -0.0649. The average molecular weight is 156 g/mol. The predicted molar refractivity (Wildman–Crippen MR) is 42.3 cm³/mol. The van der Waals surface area contributed by atoms with E-state index < -0.39 is 0 Å². The van der Waals surface area contributed by atoms with Gasteiger partial charge in [-0.15, -0.1) is 0 Å². The van der Waals surface area contributed by atoms with Crippen molar-refractivity contribution in [3.05, 3.63) is 0 Å². The van der Waals surface area contributed by atoms with Crippen molar-refractivity contribution in [3.8, 4) is 0 Å². The summed E-state index contributed by atoms with van der Waals surface area (Å²) >= 11 is 0. The Balaban J connectivity index is 2.24. The second-order valence-electron chi connectivity index (χ2n) is 4.02. The maximum Gasteiger partial charge on any atom is 0.0944 e. The van der Waals surface area contributed by atoms with E-state index in [9.17, 15) is 5.11 Å². The normalized spacial score (nSPS) is 55.4. The third-order valence-electron chi connectivity index (χ3n) is 3.50. The Hall–Kier alpha value is -0.0800. The summed E-state index contributed by atoms with van der Waals surface area (Å²) in [7, 11) is 0. The third-order valence-corrected chi connectivity index (χ3v) is 3.50. The average Bonchev–Trinajstić information content (AvgIpc) is 2.42. The number of aliphatic hydroxyl groups is 1. The van der Waals surface area contributed by atoms with Gasteiger partial charge in [0.2, 0.25) is 0 Å². The van der Waals surface area contributed by atoms with Crippen LogP contribution in [0.3, 0.4) is 0 Å². The Morgan fingerprint density at radius 1 is 1.64 bits per heavy atom. The van der Waals surface area contributed by atoms with Gasteiger partial charge in [-0.05, 0) is 18.8 Å². The molecule has 2 rings (SSSR count). The highest BCUT2D eigenvalue weighted by Crippen LogP contribution is 2.49. The van der Waals surface area contributed by atoms with Gasteiger partial charge >= 0.3 is 0 Å². The van der Waals surface area contributed by atoms with Crippen molar-refractivity contribution in [1.29, 1.82) is 0 Å². The maximum atomic E-state index is 9.82. The molecule has 2 bridgehead atoms. The minimum atomic E-state index is -0.192. The van der Waals surface area contributed by atoms with Crippen molar-refractivity contribution >= 4 is 0 Å². The lowest BCUT2D eigenvalue weighted by Crippen LogP contribution is -2.35. The molecule has 0 amide bonds. The first-order valence-corrected chi connectivity index (χ1v) is 4.51. The monoisotopic (exact) mass is 156 g/mol. The van der Waals surface area contributed by atoms with Gasteiger partial charge < -0.3 is 9.84 Å². The fourth-order valence-corrected chi connectivity index (χ4v) is 2.64. The van der Waals surface area contributed by atoms with Crippen molar-refractivity contribution < 1.29 is 9.84 Å². The molecular weight excluding hydrogens is 140 g/mol. The zero-order chi connectivity index (χ0) is 8.06. The number of fused-ring (bicyclic) bond motifs is 2. The Morgan fingerprint density at radius 2 is 2.36 bits per heavy atom. The van der Waals surface area contributed by atoms with Gasteiger partial charge in [-0.2, -0.15) is 0 Å². The first-order valence-electron chi connectivity index (χ1n) is 4.51. The number of hydrogen-bond acceptors (Lipinski definition) is 2. The van der Waals surface area contributed by atoms with Crippen LogP contribution in [-0.2, 0) is 4.74 Å². The molecule has 1 saturated heterocycles. The van der Waals surface area contributed by atoms with Crippen molar-refractivity contribution in [3.63, 3.8) is 0 Å². The molecule has 0 aromatic rings. The summed E-state index contributed by atoms with van der Waals surface area (Å²) in [5, 5.41) is 9.82. The molecule has 2 aliphatic rings. The van der Waals surface area contributed by atoms with Crippen LogP contribution in [0.1, 0.15) is 26.7 Å². The summed E-state index contributed by atoms with van der Waals surface area (Å²) in [6, 6.07) is 0. The molecule has 11 heavy (non-hydrogen) atoms. The van der Waals surface area contributed by atoms with Gasteiger partial charge in [-0.1, -0.05) is 13.8 Å². The van der Waals surface area contributed by atoms with Crippen LogP contribution in [0.2, 0.25) is 0 Å². The molecule has 4 atom stereocenters. The smallest absolute Gasteiger partial charge is 0.0944 e. The zero-order valence-corrected chi connectivity index (χ0v) is 7.21. The van der Waals surface area contributed by atoms with Gasteiger partial charge in [0.1, 0.15) is 0 Å². The van der Waals surface area contributed by atoms with Gasteiger partial charge in [-0.3, -0.25) is 0 Å². The van der Waals surface area contributed by atoms with E-state index in [2.05, 4.69) is 13.8 Å². The largest absolute Gasteiger partial charge is 0.390 e. The van der Waals surface area contributed by atoms with E-state index in [4.69, 9.17) is 4.74 Å². The van der Waals surface area contributed by atoms with E-state index in [-0.39, 0.29) is 11.7 Å². The Bertz CT molecular complexity index is 169. The molecule has 0 spiro atoms. The molecule has 0 aromatic carbocycles. The number of rotatable bonds is 1. The topological polar surface area (TPSA) is 29.5 Å². The Morgan fingerprint density at radius 3 is 2.64 bits per heavy atom. The Labute approximate surface area is 67.6 Å². The summed E-state index contributed by atoms with van der Waals surface area (Å²) in [5.74, 6) is 1.06. The summed E-state index contributed by atoms with van der Waals surface area (Å²) in [5.41, 5.74) is -0.163. The number of ether oxygens (including phenoxy) is 1. The number of aliphatic hydroxyl groups excluding tert-OH is 1. The van der Waals surface area contributed by atoms with E-state index in [1.807, 2.05) is 0 Å². The van der Waals surface area contributed by atoms with Gasteiger partial charge in [0.15, 0.2) is 0 Å². The second-order valence-corrected chi connectivity index (χ2v) is 4.02. The maximum absolute atomic E-state index is 9.82. The second kappa shape index (κ2) is 2.20. The molecule has 1 aliphatic heterocycles. The van der Waals surface area contributed by atoms with E-state index in [1.54, 1.807) is 0 Å². The highest BCUT2D eigenvalue weighted by Gasteiger charge is 2.56. The highest BCUT2D eigenvalue weighted by molar-refractivity contribution is 5.05. The van der Waals surface area contributed by atoms with Gasteiger partial charge in [0, 0.05) is 5.92 Å². The molecule has 2 heteroatoms. The third kappa shape index (κ3) is 0.798. The molecule has 0 unspecified atom stereocenters. The van der Waals surface area contributed by atoms with Crippen LogP contribution in [0.25, 0.3) is 0 Å². The fraction of sp³-hybridized carbons (Fsp3) is 1.00. The lowest BCUT2D eigenvalue weighted by Gasteiger charge is -2.28. The van der Waals surface area contributed by atoms with Crippen LogP contribution in [0.4, 0.5) is 0 Å². The molecular formula is C9H16O2. The summed E-state index contributed by atoms with van der Waals surface area (Å²) < 4.78 is 5.62. The lowest BCUT2D eigenvalue weighted by atomic mass is 9.96. The van der Waals surface area contributed by atoms with Crippen molar-refractivity contribution in [2.75, 3.05) is 6.61 Å². The molecule has 1 saturated carbocycles. The van der Waals surface area contributed by atoms with E-state index in [0.717, 1.165) is 19.4 Å². The minimum absolute atomic E-state index is 0.163. The molecule has 1 N–H and O–H groups in total. The first kappa shape index (κ1) is 7.56. The van der Waals surface area contributed by atoms with Crippen molar-refractivity contribution in [2.45, 2.75) is 38.4 Å². The SMILES string of the molecule is CC[C@@]12C[C@H](C)[C@H](CO1)[C@@H]2O. The van der Waals surface area contributed by atoms with Gasteiger partial charge in [-0.25, -0.2) is 0 Å². The van der Waals surface area contributed by atoms with Crippen molar-refractivity contribution in [1.82, 2.24) is 0 Å². The van der Waals surface area contributed by atoms with Crippen LogP contribution >= 0.6 is 0 Å². The Kier molecular flexibility index (Phi) is 1.52. The van der Waals surface area contributed by atoms with Crippen LogP contribution < -0.4 is 0 Å². The molecule has 0 aromatic heterocycles. The van der Waals surface area contributed by atoms with E-state index >= 15 is 0 Å². The predicted octanol–water partition coefficient (Wildman–Crippen LogP) is 1.18. The molecule has 1 aliphatic carbocycles. The summed E-state index contributed by atoms with van der Waals surface area (Å²) in [6.45, 7) is 5.09.